The molecule has 0 radical (unpaired) electrons. The summed E-state index contributed by atoms with van der Waals surface area (Å²) in [4.78, 5) is 12.7. The molecule has 20 heavy (non-hydrogen) atoms. The molecule has 0 aliphatic rings. The highest BCUT2D eigenvalue weighted by Gasteiger charge is 2.07. The van der Waals surface area contributed by atoms with Gasteiger partial charge >= 0.3 is 0 Å². The number of thioether (sulfide) groups is 1. The molecule has 0 bridgehead atoms. The van der Waals surface area contributed by atoms with Crippen LogP contribution in [0.2, 0.25) is 5.02 Å². The molecule has 2 aromatic rings. The van der Waals surface area contributed by atoms with Crippen LogP contribution in [0.5, 0.6) is 0 Å². The van der Waals surface area contributed by atoms with Crippen LogP contribution in [0.3, 0.4) is 0 Å². The highest BCUT2D eigenvalue weighted by atomic mass is 35.5. The molecule has 0 atom stereocenters. The number of aliphatic hydroxyl groups excluding tert-OH is 1. The normalized spacial score (nSPS) is 10.7. The molecule has 5 heteroatoms. The van der Waals surface area contributed by atoms with Crippen molar-refractivity contribution in [1.82, 2.24) is 5.32 Å². The maximum absolute atomic E-state index is 11.7. The summed E-state index contributed by atoms with van der Waals surface area (Å²) in [6.07, 6.45) is 0.580. The lowest BCUT2D eigenvalue weighted by atomic mass is 10.1. The first-order valence-corrected chi connectivity index (χ1v) is 7.76. The first kappa shape index (κ1) is 15.2. The minimum atomic E-state index is -0.0347. The van der Waals surface area contributed by atoms with E-state index in [9.17, 15) is 4.79 Å². The van der Waals surface area contributed by atoms with Crippen LogP contribution in [-0.2, 0) is 4.79 Å². The number of rotatable bonds is 6. The molecule has 0 heterocycles. The van der Waals surface area contributed by atoms with E-state index in [2.05, 4.69) is 5.32 Å². The third kappa shape index (κ3) is 3.88. The maximum Gasteiger partial charge on any atom is 0.230 e. The van der Waals surface area contributed by atoms with E-state index in [0.717, 1.165) is 15.7 Å². The summed E-state index contributed by atoms with van der Waals surface area (Å²) in [5.74, 6) is 0.308. The monoisotopic (exact) mass is 309 g/mol. The van der Waals surface area contributed by atoms with Gasteiger partial charge in [-0.05, 0) is 23.9 Å². The molecule has 0 saturated carbocycles. The lowest BCUT2D eigenvalue weighted by molar-refractivity contribution is -0.118. The van der Waals surface area contributed by atoms with Gasteiger partial charge in [-0.1, -0.05) is 35.9 Å². The van der Waals surface area contributed by atoms with Gasteiger partial charge in [0.25, 0.3) is 0 Å². The Morgan fingerprint density at radius 1 is 1.25 bits per heavy atom. The fourth-order valence-electron chi connectivity index (χ4n) is 1.88. The molecular weight excluding hydrogens is 294 g/mol. The van der Waals surface area contributed by atoms with E-state index < -0.39 is 0 Å². The zero-order valence-electron chi connectivity index (χ0n) is 10.9. The van der Waals surface area contributed by atoms with Crippen LogP contribution in [0.15, 0.2) is 41.3 Å². The lowest BCUT2D eigenvalue weighted by Crippen LogP contribution is -2.26. The zero-order valence-corrected chi connectivity index (χ0v) is 12.5. The number of amides is 1. The first-order valence-electron chi connectivity index (χ1n) is 6.40. The van der Waals surface area contributed by atoms with Crippen LogP contribution < -0.4 is 5.32 Å². The molecule has 0 unspecified atom stereocenters. The molecule has 0 spiro atoms. The van der Waals surface area contributed by atoms with Gasteiger partial charge in [-0.25, -0.2) is 0 Å². The molecular formula is C15H16ClNO2S. The number of hydrogen-bond donors (Lipinski definition) is 2. The standard InChI is InChI=1S/C15H16ClNO2S/c16-12-6-1-4-11-5-2-7-13(15(11)12)20-10-14(19)17-8-3-9-18/h1-2,4-7,18H,3,8-10H2,(H,17,19). The van der Waals surface area contributed by atoms with Crippen molar-refractivity contribution in [3.8, 4) is 0 Å². The minimum absolute atomic E-state index is 0.0347. The van der Waals surface area contributed by atoms with Crippen molar-refractivity contribution in [2.45, 2.75) is 11.3 Å². The zero-order chi connectivity index (χ0) is 14.4. The predicted molar refractivity (Wildman–Crippen MR) is 84.4 cm³/mol. The number of carbonyl (C=O) groups excluding carboxylic acids is 1. The average Bonchev–Trinajstić information content (AvgIpc) is 2.45. The molecule has 1 amide bonds. The minimum Gasteiger partial charge on any atom is -0.396 e. The highest BCUT2D eigenvalue weighted by Crippen LogP contribution is 2.32. The van der Waals surface area contributed by atoms with Gasteiger partial charge in [0.05, 0.1) is 5.75 Å². The van der Waals surface area contributed by atoms with E-state index in [1.54, 1.807) is 0 Å². The number of fused-ring (bicyclic) bond motifs is 1. The molecule has 0 aliphatic carbocycles. The Bertz CT molecular complexity index is 598. The fourth-order valence-corrected chi connectivity index (χ4v) is 3.16. The van der Waals surface area contributed by atoms with Gasteiger partial charge in [-0.15, -0.1) is 11.8 Å². The molecule has 2 aromatic carbocycles. The van der Waals surface area contributed by atoms with E-state index in [0.29, 0.717) is 23.7 Å². The second kappa shape index (κ2) is 7.53. The summed E-state index contributed by atoms with van der Waals surface area (Å²) in [7, 11) is 0. The molecule has 2 N–H and O–H groups in total. The smallest absolute Gasteiger partial charge is 0.230 e. The predicted octanol–water partition coefficient (Wildman–Crippen LogP) is 3.08. The van der Waals surface area contributed by atoms with Crippen LogP contribution in [0.1, 0.15) is 6.42 Å². The van der Waals surface area contributed by atoms with Crippen LogP contribution in [0.4, 0.5) is 0 Å². The molecule has 0 saturated heterocycles. The van der Waals surface area contributed by atoms with Crippen molar-refractivity contribution in [2.24, 2.45) is 0 Å². The highest BCUT2D eigenvalue weighted by molar-refractivity contribution is 8.00. The SMILES string of the molecule is O=C(CSc1cccc2cccc(Cl)c12)NCCCO. The Labute approximate surface area is 127 Å². The van der Waals surface area contributed by atoms with E-state index in [1.807, 2.05) is 36.4 Å². The summed E-state index contributed by atoms with van der Waals surface area (Å²) in [5, 5.41) is 14.2. The molecule has 2 rings (SSSR count). The number of benzene rings is 2. The van der Waals surface area contributed by atoms with Gasteiger partial charge in [0.1, 0.15) is 0 Å². The Kier molecular flexibility index (Phi) is 5.71. The number of halogens is 1. The number of hydrogen-bond acceptors (Lipinski definition) is 3. The molecule has 0 aliphatic heterocycles. The topological polar surface area (TPSA) is 49.3 Å². The number of aliphatic hydroxyl groups is 1. The third-order valence-corrected chi connectivity index (χ3v) is 4.20. The molecule has 3 nitrogen and oxygen atoms in total. The van der Waals surface area contributed by atoms with Gasteiger partial charge in [0.2, 0.25) is 5.91 Å². The van der Waals surface area contributed by atoms with Gasteiger partial charge in [0.15, 0.2) is 0 Å². The maximum atomic E-state index is 11.7. The van der Waals surface area contributed by atoms with E-state index in [4.69, 9.17) is 16.7 Å². The van der Waals surface area contributed by atoms with Crippen LogP contribution in [0.25, 0.3) is 10.8 Å². The lowest BCUT2D eigenvalue weighted by Gasteiger charge is -2.08. The van der Waals surface area contributed by atoms with Crippen molar-refractivity contribution < 1.29 is 9.90 Å². The second-order valence-electron chi connectivity index (χ2n) is 4.31. The number of carbonyl (C=O) groups is 1. The van der Waals surface area contributed by atoms with Crippen molar-refractivity contribution in [3.63, 3.8) is 0 Å². The van der Waals surface area contributed by atoms with Crippen molar-refractivity contribution in [1.29, 1.82) is 0 Å². The average molecular weight is 310 g/mol. The summed E-state index contributed by atoms with van der Waals surface area (Å²) in [6, 6.07) is 11.7. The molecule has 106 valence electrons. The van der Waals surface area contributed by atoms with Crippen LogP contribution in [0, 0.1) is 0 Å². The molecule has 0 aromatic heterocycles. The Morgan fingerprint density at radius 2 is 2.00 bits per heavy atom. The van der Waals surface area contributed by atoms with E-state index in [-0.39, 0.29) is 12.5 Å². The van der Waals surface area contributed by atoms with Crippen molar-refractivity contribution in [3.05, 3.63) is 41.4 Å². The summed E-state index contributed by atoms with van der Waals surface area (Å²) >= 11 is 7.71. The summed E-state index contributed by atoms with van der Waals surface area (Å²) in [5.41, 5.74) is 0. The summed E-state index contributed by atoms with van der Waals surface area (Å²) in [6.45, 7) is 0.596. The molecule has 0 fully saturated rings. The quantitative estimate of drug-likeness (QED) is 0.637. The van der Waals surface area contributed by atoms with Crippen LogP contribution in [-0.4, -0.2) is 29.9 Å². The Hall–Kier alpha value is -1.23. The van der Waals surface area contributed by atoms with Crippen LogP contribution >= 0.6 is 23.4 Å². The van der Waals surface area contributed by atoms with E-state index >= 15 is 0 Å². The Balaban J connectivity index is 2.05. The largest absolute Gasteiger partial charge is 0.396 e. The van der Waals surface area contributed by atoms with E-state index in [1.165, 1.54) is 11.8 Å². The van der Waals surface area contributed by atoms with Gasteiger partial charge in [-0.2, -0.15) is 0 Å². The van der Waals surface area contributed by atoms with Gasteiger partial charge < -0.3 is 10.4 Å². The fraction of sp³-hybridized carbons (Fsp3) is 0.267. The van der Waals surface area contributed by atoms with Crippen molar-refractivity contribution >= 4 is 40.0 Å². The second-order valence-corrected chi connectivity index (χ2v) is 5.73. The number of nitrogens with one attached hydrogen (secondary N) is 1. The van der Waals surface area contributed by atoms with Crippen molar-refractivity contribution in [2.75, 3.05) is 18.9 Å². The van der Waals surface area contributed by atoms with Gasteiger partial charge in [-0.3, -0.25) is 4.79 Å². The summed E-state index contributed by atoms with van der Waals surface area (Å²) < 4.78 is 0. The third-order valence-electron chi connectivity index (χ3n) is 2.83. The van der Waals surface area contributed by atoms with Gasteiger partial charge in [0, 0.05) is 28.5 Å². The first-order chi connectivity index (χ1) is 9.72. The Morgan fingerprint density at radius 3 is 2.75 bits per heavy atom.